The number of halogens is 2. The molecule has 0 atom stereocenters. The van der Waals surface area contributed by atoms with Crippen LogP contribution in [0.4, 0.5) is 0 Å². The smallest absolute Gasteiger partial charge is 0.137 e. The Morgan fingerprint density at radius 3 is 2.52 bits per heavy atom. The van der Waals surface area contributed by atoms with Gasteiger partial charge in [0.1, 0.15) is 5.82 Å². The van der Waals surface area contributed by atoms with Crippen molar-refractivity contribution in [2.45, 2.75) is 13.3 Å². The van der Waals surface area contributed by atoms with E-state index >= 15 is 0 Å². The fourth-order valence-electron chi connectivity index (χ4n) is 2.25. The van der Waals surface area contributed by atoms with Crippen molar-refractivity contribution in [3.05, 3.63) is 75.5 Å². The van der Waals surface area contributed by atoms with Crippen molar-refractivity contribution in [1.29, 1.82) is 0 Å². The molecule has 0 saturated carbocycles. The standard InChI is InChI=1S/C17H14Cl2N2/c1-11-16(9-13-7-8-14(18)10-15(13)19)21-17(20-11)12-5-3-2-4-6-12/h2-8,10H,9H2,1H3,(H,20,21). The zero-order chi connectivity index (χ0) is 14.8. The minimum Gasteiger partial charge on any atom is -0.342 e. The highest BCUT2D eigenvalue weighted by Crippen LogP contribution is 2.25. The van der Waals surface area contributed by atoms with Crippen LogP contribution < -0.4 is 0 Å². The van der Waals surface area contributed by atoms with Gasteiger partial charge in [-0.25, -0.2) is 4.98 Å². The number of imidazole rings is 1. The Hall–Kier alpha value is -1.77. The van der Waals surface area contributed by atoms with Crippen molar-refractivity contribution in [3.8, 4) is 11.4 Å². The number of aromatic amines is 1. The molecule has 2 nitrogen and oxygen atoms in total. The third kappa shape index (κ3) is 3.12. The molecule has 106 valence electrons. The molecule has 21 heavy (non-hydrogen) atoms. The Labute approximate surface area is 133 Å². The molecule has 0 aliphatic rings. The molecule has 3 aromatic rings. The summed E-state index contributed by atoms with van der Waals surface area (Å²) in [5, 5.41) is 1.32. The molecule has 0 unspecified atom stereocenters. The van der Waals surface area contributed by atoms with Gasteiger partial charge in [0.15, 0.2) is 0 Å². The van der Waals surface area contributed by atoms with Gasteiger partial charge in [0.05, 0.1) is 5.69 Å². The minimum atomic E-state index is 0.646. The lowest BCUT2D eigenvalue weighted by Crippen LogP contribution is -1.92. The van der Waals surface area contributed by atoms with Crippen molar-refractivity contribution in [2.75, 3.05) is 0 Å². The number of rotatable bonds is 3. The van der Waals surface area contributed by atoms with Crippen molar-refractivity contribution in [1.82, 2.24) is 9.97 Å². The molecule has 2 aromatic carbocycles. The van der Waals surface area contributed by atoms with Crippen molar-refractivity contribution in [3.63, 3.8) is 0 Å². The fourth-order valence-corrected chi connectivity index (χ4v) is 2.72. The topological polar surface area (TPSA) is 28.7 Å². The largest absolute Gasteiger partial charge is 0.342 e. The van der Waals surface area contributed by atoms with Crippen molar-refractivity contribution >= 4 is 23.2 Å². The number of hydrogen-bond acceptors (Lipinski definition) is 1. The Balaban J connectivity index is 1.91. The predicted octanol–water partition coefficient (Wildman–Crippen LogP) is 5.28. The summed E-state index contributed by atoms with van der Waals surface area (Å²) < 4.78 is 0. The molecule has 0 bridgehead atoms. The molecule has 0 spiro atoms. The molecular formula is C17H14Cl2N2. The minimum absolute atomic E-state index is 0.646. The maximum atomic E-state index is 6.23. The van der Waals surface area contributed by atoms with Crippen LogP contribution >= 0.6 is 23.2 Å². The number of aromatic nitrogens is 2. The average molecular weight is 317 g/mol. The highest BCUT2D eigenvalue weighted by Gasteiger charge is 2.11. The first-order valence-corrected chi connectivity index (χ1v) is 7.44. The maximum absolute atomic E-state index is 6.23. The normalized spacial score (nSPS) is 10.8. The summed E-state index contributed by atoms with van der Waals surface area (Å²) in [6.07, 6.45) is 0.686. The van der Waals surface area contributed by atoms with E-state index in [-0.39, 0.29) is 0 Å². The molecule has 0 amide bonds. The van der Waals surface area contributed by atoms with E-state index < -0.39 is 0 Å². The van der Waals surface area contributed by atoms with Gasteiger partial charge in [0.2, 0.25) is 0 Å². The summed E-state index contributed by atoms with van der Waals surface area (Å²) in [6.45, 7) is 2.03. The van der Waals surface area contributed by atoms with Gasteiger partial charge < -0.3 is 4.98 Å². The monoisotopic (exact) mass is 316 g/mol. The molecule has 4 heteroatoms. The van der Waals surface area contributed by atoms with Crippen LogP contribution in [-0.4, -0.2) is 9.97 Å². The Bertz CT molecular complexity index is 764. The summed E-state index contributed by atoms with van der Waals surface area (Å²) in [6, 6.07) is 15.6. The van der Waals surface area contributed by atoms with Crippen LogP contribution in [0.2, 0.25) is 10.0 Å². The van der Waals surface area contributed by atoms with Gasteiger partial charge in [-0.05, 0) is 24.6 Å². The second-order valence-electron chi connectivity index (χ2n) is 4.94. The SMILES string of the molecule is Cc1[nH]c(-c2ccccc2)nc1Cc1ccc(Cl)cc1Cl. The third-order valence-corrected chi connectivity index (χ3v) is 3.99. The van der Waals surface area contributed by atoms with E-state index in [0.717, 1.165) is 28.3 Å². The first-order chi connectivity index (χ1) is 10.1. The zero-order valence-corrected chi connectivity index (χ0v) is 13.0. The number of nitrogens with zero attached hydrogens (tertiary/aromatic N) is 1. The quantitative estimate of drug-likeness (QED) is 0.699. The summed E-state index contributed by atoms with van der Waals surface area (Å²) in [4.78, 5) is 8.02. The van der Waals surface area contributed by atoms with Gasteiger partial charge in [-0.1, -0.05) is 59.6 Å². The van der Waals surface area contributed by atoms with E-state index in [0.29, 0.717) is 16.5 Å². The molecule has 0 radical (unpaired) electrons. The lowest BCUT2D eigenvalue weighted by molar-refractivity contribution is 1.08. The van der Waals surface area contributed by atoms with Crippen LogP contribution in [0.1, 0.15) is 17.0 Å². The first kappa shape index (κ1) is 14.2. The van der Waals surface area contributed by atoms with Crippen LogP contribution in [-0.2, 0) is 6.42 Å². The number of hydrogen-bond donors (Lipinski definition) is 1. The van der Waals surface area contributed by atoms with E-state index in [9.17, 15) is 0 Å². The average Bonchev–Trinajstić information content (AvgIpc) is 2.84. The summed E-state index contributed by atoms with van der Waals surface area (Å²) in [7, 11) is 0. The van der Waals surface area contributed by atoms with Gasteiger partial charge in [-0.15, -0.1) is 0 Å². The van der Waals surface area contributed by atoms with Crippen LogP contribution in [0.25, 0.3) is 11.4 Å². The number of H-pyrrole nitrogens is 1. The highest BCUT2D eigenvalue weighted by molar-refractivity contribution is 6.35. The van der Waals surface area contributed by atoms with Gasteiger partial charge in [-0.2, -0.15) is 0 Å². The highest BCUT2D eigenvalue weighted by atomic mass is 35.5. The molecule has 0 aliphatic carbocycles. The molecule has 1 heterocycles. The Morgan fingerprint density at radius 2 is 1.81 bits per heavy atom. The maximum Gasteiger partial charge on any atom is 0.137 e. The van der Waals surface area contributed by atoms with E-state index in [1.54, 1.807) is 6.07 Å². The molecule has 1 aromatic heterocycles. The first-order valence-electron chi connectivity index (χ1n) is 6.68. The third-order valence-electron chi connectivity index (χ3n) is 3.41. The summed E-state index contributed by atoms with van der Waals surface area (Å²) in [5.74, 6) is 0.883. The van der Waals surface area contributed by atoms with Crippen LogP contribution in [0.15, 0.2) is 48.5 Å². The Morgan fingerprint density at radius 1 is 1.05 bits per heavy atom. The molecule has 0 aliphatic heterocycles. The van der Waals surface area contributed by atoms with Crippen molar-refractivity contribution < 1.29 is 0 Å². The van der Waals surface area contributed by atoms with E-state index in [1.807, 2.05) is 49.4 Å². The van der Waals surface area contributed by atoms with Gasteiger partial charge in [0.25, 0.3) is 0 Å². The Kier molecular flexibility index (Phi) is 4.00. The van der Waals surface area contributed by atoms with Gasteiger partial charge in [-0.3, -0.25) is 0 Å². The second-order valence-corrected chi connectivity index (χ2v) is 5.78. The van der Waals surface area contributed by atoms with E-state index in [1.165, 1.54) is 0 Å². The zero-order valence-electron chi connectivity index (χ0n) is 11.5. The number of benzene rings is 2. The fraction of sp³-hybridized carbons (Fsp3) is 0.118. The van der Waals surface area contributed by atoms with Crippen LogP contribution in [0, 0.1) is 6.92 Å². The second kappa shape index (κ2) is 5.92. The molecule has 0 fully saturated rings. The van der Waals surface area contributed by atoms with E-state index in [2.05, 4.69) is 4.98 Å². The van der Waals surface area contributed by atoms with E-state index in [4.69, 9.17) is 28.2 Å². The number of nitrogens with one attached hydrogen (secondary N) is 1. The molecule has 0 saturated heterocycles. The van der Waals surface area contributed by atoms with Gasteiger partial charge in [0, 0.05) is 27.7 Å². The lowest BCUT2D eigenvalue weighted by Gasteiger charge is -2.03. The molecule has 1 N–H and O–H groups in total. The molecular weight excluding hydrogens is 303 g/mol. The summed E-state index contributed by atoms with van der Waals surface area (Å²) >= 11 is 12.2. The van der Waals surface area contributed by atoms with Crippen molar-refractivity contribution in [2.24, 2.45) is 0 Å². The molecule has 3 rings (SSSR count). The van der Waals surface area contributed by atoms with Gasteiger partial charge >= 0.3 is 0 Å². The predicted molar refractivity (Wildman–Crippen MR) is 88.0 cm³/mol. The number of aryl methyl sites for hydroxylation is 1. The van der Waals surface area contributed by atoms with Crippen LogP contribution in [0.3, 0.4) is 0 Å². The summed E-state index contributed by atoms with van der Waals surface area (Å²) in [5.41, 5.74) is 4.15. The lowest BCUT2D eigenvalue weighted by atomic mass is 10.1. The van der Waals surface area contributed by atoms with Crippen LogP contribution in [0.5, 0.6) is 0 Å².